The number of benzene rings is 1. The van der Waals surface area contributed by atoms with Crippen LogP contribution in [0.1, 0.15) is 31.2 Å². The van der Waals surface area contributed by atoms with Gasteiger partial charge in [-0.25, -0.2) is 4.98 Å². The molecule has 1 aromatic heterocycles. The molecule has 0 fully saturated rings. The summed E-state index contributed by atoms with van der Waals surface area (Å²) < 4.78 is 0. The first kappa shape index (κ1) is 11.1. The van der Waals surface area contributed by atoms with Gasteiger partial charge in [-0.05, 0) is 18.6 Å². The van der Waals surface area contributed by atoms with Crippen LogP contribution in [0, 0.1) is 6.92 Å². The van der Waals surface area contributed by atoms with E-state index in [9.17, 15) is 0 Å². The summed E-state index contributed by atoms with van der Waals surface area (Å²) in [6, 6.07) is 5.87. The van der Waals surface area contributed by atoms with Crippen LogP contribution >= 0.6 is 11.6 Å². The van der Waals surface area contributed by atoms with Crippen LogP contribution in [0.4, 0.5) is 0 Å². The minimum absolute atomic E-state index is 0.338. The van der Waals surface area contributed by atoms with E-state index in [2.05, 4.69) is 29.0 Å². The molecule has 1 N–H and O–H groups in total. The van der Waals surface area contributed by atoms with Crippen molar-refractivity contribution in [2.75, 3.05) is 0 Å². The van der Waals surface area contributed by atoms with E-state index in [4.69, 9.17) is 11.6 Å². The number of hydrogen-bond donors (Lipinski definition) is 1. The van der Waals surface area contributed by atoms with Crippen molar-refractivity contribution in [3.05, 3.63) is 34.6 Å². The van der Waals surface area contributed by atoms with Crippen molar-refractivity contribution in [3.63, 3.8) is 0 Å². The minimum Gasteiger partial charge on any atom is -0.262 e. The standard InChI is InChI=1S/C12H14ClN3/c1-7(2)11-14-12(16-15-11)9-6-4-5-8(3)10(9)13/h4-7H,1-3H3,(H,14,15,16). The van der Waals surface area contributed by atoms with Gasteiger partial charge >= 0.3 is 0 Å². The highest BCUT2D eigenvalue weighted by Gasteiger charge is 2.12. The van der Waals surface area contributed by atoms with Crippen molar-refractivity contribution in [2.45, 2.75) is 26.7 Å². The summed E-state index contributed by atoms with van der Waals surface area (Å²) in [6.45, 7) is 6.12. The van der Waals surface area contributed by atoms with Crippen molar-refractivity contribution in [3.8, 4) is 11.4 Å². The van der Waals surface area contributed by atoms with Crippen LogP contribution in [0.25, 0.3) is 11.4 Å². The van der Waals surface area contributed by atoms with Crippen LogP contribution in [0.3, 0.4) is 0 Å². The lowest BCUT2D eigenvalue weighted by Gasteiger charge is -2.02. The second kappa shape index (κ2) is 4.26. The zero-order valence-electron chi connectivity index (χ0n) is 9.58. The third-order valence-electron chi connectivity index (χ3n) is 2.48. The second-order valence-electron chi connectivity index (χ2n) is 4.14. The van der Waals surface area contributed by atoms with E-state index < -0.39 is 0 Å². The fraction of sp³-hybridized carbons (Fsp3) is 0.333. The summed E-state index contributed by atoms with van der Waals surface area (Å²) in [6.07, 6.45) is 0. The second-order valence-corrected chi connectivity index (χ2v) is 4.51. The first-order valence-corrected chi connectivity index (χ1v) is 5.65. The number of aromatic amines is 1. The van der Waals surface area contributed by atoms with Gasteiger partial charge in [-0.15, -0.1) is 0 Å². The Morgan fingerprint density at radius 1 is 1.31 bits per heavy atom. The van der Waals surface area contributed by atoms with Crippen molar-refractivity contribution in [1.82, 2.24) is 15.2 Å². The van der Waals surface area contributed by atoms with Crippen LogP contribution in [0.5, 0.6) is 0 Å². The molecule has 84 valence electrons. The molecule has 1 heterocycles. The average molecular weight is 236 g/mol. The number of hydrogen-bond acceptors (Lipinski definition) is 2. The molecular weight excluding hydrogens is 222 g/mol. The Morgan fingerprint density at radius 2 is 2.06 bits per heavy atom. The third kappa shape index (κ3) is 1.95. The number of aryl methyl sites for hydroxylation is 1. The van der Waals surface area contributed by atoms with Crippen LogP contribution in [0.2, 0.25) is 5.02 Å². The molecule has 0 atom stereocenters. The first-order chi connectivity index (χ1) is 7.59. The quantitative estimate of drug-likeness (QED) is 0.865. The number of nitrogens with one attached hydrogen (secondary N) is 1. The van der Waals surface area contributed by atoms with Gasteiger partial charge in [0, 0.05) is 11.5 Å². The molecule has 3 nitrogen and oxygen atoms in total. The number of aromatic nitrogens is 3. The van der Waals surface area contributed by atoms with Gasteiger partial charge in [0.25, 0.3) is 0 Å². The van der Waals surface area contributed by atoms with E-state index in [1.807, 2.05) is 25.1 Å². The summed E-state index contributed by atoms with van der Waals surface area (Å²) in [5.74, 6) is 1.88. The molecule has 0 aliphatic carbocycles. The molecule has 2 aromatic rings. The summed E-state index contributed by atoms with van der Waals surface area (Å²) in [4.78, 5) is 4.43. The zero-order valence-corrected chi connectivity index (χ0v) is 10.3. The average Bonchev–Trinajstić information content (AvgIpc) is 2.71. The van der Waals surface area contributed by atoms with Crippen molar-refractivity contribution in [1.29, 1.82) is 0 Å². The van der Waals surface area contributed by atoms with Gasteiger partial charge < -0.3 is 0 Å². The highest BCUT2D eigenvalue weighted by molar-refractivity contribution is 6.33. The highest BCUT2D eigenvalue weighted by atomic mass is 35.5. The predicted molar refractivity (Wildman–Crippen MR) is 65.7 cm³/mol. The van der Waals surface area contributed by atoms with E-state index in [-0.39, 0.29) is 0 Å². The molecule has 0 amide bonds. The molecule has 0 bridgehead atoms. The Morgan fingerprint density at radius 3 is 2.69 bits per heavy atom. The van der Waals surface area contributed by atoms with Crippen molar-refractivity contribution in [2.24, 2.45) is 0 Å². The number of rotatable bonds is 2. The Balaban J connectivity index is 2.47. The molecule has 0 spiro atoms. The van der Waals surface area contributed by atoms with Crippen molar-refractivity contribution < 1.29 is 0 Å². The van der Waals surface area contributed by atoms with Gasteiger partial charge in [0.2, 0.25) is 0 Å². The Bertz CT molecular complexity index is 503. The summed E-state index contributed by atoms with van der Waals surface area (Å²) in [5.41, 5.74) is 1.92. The first-order valence-electron chi connectivity index (χ1n) is 5.27. The van der Waals surface area contributed by atoms with Gasteiger partial charge in [0.05, 0.1) is 5.02 Å². The summed E-state index contributed by atoms with van der Waals surface area (Å²) in [7, 11) is 0. The molecule has 2 rings (SSSR count). The van der Waals surface area contributed by atoms with Crippen LogP contribution in [-0.4, -0.2) is 15.2 Å². The molecule has 0 unspecified atom stereocenters. The van der Waals surface area contributed by atoms with E-state index in [1.54, 1.807) is 0 Å². The molecule has 0 aliphatic rings. The fourth-order valence-electron chi connectivity index (χ4n) is 1.47. The molecule has 0 aliphatic heterocycles. The number of halogens is 1. The number of H-pyrrole nitrogens is 1. The Hall–Kier alpha value is -1.35. The topological polar surface area (TPSA) is 41.6 Å². The van der Waals surface area contributed by atoms with Crippen LogP contribution < -0.4 is 0 Å². The fourth-order valence-corrected chi connectivity index (χ4v) is 1.68. The Labute approximate surface area is 99.9 Å². The Kier molecular flexibility index (Phi) is 2.97. The maximum atomic E-state index is 6.22. The monoisotopic (exact) mass is 235 g/mol. The molecule has 0 radical (unpaired) electrons. The van der Waals surface area contributed by atoms with E-state index >= 15 is 0 Å². The van der Waals surface area contributed by atoms with Crippen LogP contribution in [-0.2, 0) is 0 Å². The molecule has 0 saturated carbocycles. The maximum absolute atomic E-state index is 6.22. The molecular formula is C12H14ClN3. The third-order valence-corrected chi connectivity index (χ3v) is 2.98. The highest BCUT2D eigenvalue weighted by Crippen LogP contribution is 2.28. The lowest BCUT2D eigenvalue weighted by Crippen LogP contribution is -1.89. The SMILES string of the molecule is Cc1cccc(-c2n[nH]c(C(C)C)n2)c1Cl. The summed E-state index contributed by atoms with van der Waals surface area (Å²) in [5, 5.41) is 7.84. The smallest absolute Gasteiger partial charge is 0.182 e. The zero-order chi connectivity index (χ0) is 11.7. The minimum atomic E-state index is 0.338. The lowest BCUT2D eigenvalue weighted by molar-refractivity contribution is 0.781. The van der Waals surface area contributed by atoms with Gasteiger partial charge in [0.1, 0.15) is 5.82 Å². The van der Waals surface area contributed by atoms with E-state index in [0.717, 1.165) is 22.0 Å². The van der Waals surface area contributed by atoms with Gasteiger partial charge in [-0.3, -0.25) is 5.10 Å². The largest absolute Gasteiger partial charge is 0.262 e. The van der Waals surface area contributed by atoms with E-state index in [1.165, 1.54) is 0 Å². The van der Waals surface area contributed by atoms with E-state index in [0.29, 0.717) is 11.7 Å². The normalized spacial score (nSPS) is 11.1. The molecule has 1 aromatic carbocycles. The van der Waals surface area contributed by atoms with Crippen molar-refractivity contribution >= 4 is 11.6 Å². The van der Waals surface area contributed by atoms with Gasteiger partial charge in [0.15, 0.2) is 5.82 Å². The molecule has 16 heavy (non-hydrogen) atoms. The number of nitrogens with zero attached hydrogens (tertiary/aromatic N) is 2. The van der Waals surface area contributed by atoms with Gasteiger partial charge in [-0.2, -0.15) is 5.10 Å². The van der Waals surface area contributed by atoms with Crippen LogP contribution in [0.15, 0.2) is 18.2 Å². The summed E-state index contributed by atoms with van der Waals surface area (Å²) >= 11 is 6.22. The maximum Gasteiger partial charge on any atom is 0.182 e. The predicted octanol–water partition coefficient (Wildman–Crippen LogP) is 3.56. The molecule has 4 heteroatoms. The lowest BCUT2D eigenvalue weighted by atomic mass is 10.1. The van der Waals surface area contributed by atoms with Gasteiger partial charge in [-0.1, -0.05) is 37.6 Å². The molecule has 0 saturated heterocycles.